The number of benzene rings is 2. The van der Waals surface area contributed by atoms with Crippen LogP contribution >= 0.6 is 22.9 Å². The highest BCUT2D eigenvalue weighted by Gasteiger charge is 2.24. The third-order valence-corrected chi connectivity index (χ3v) is 8.31. The molecule has 1 aliphatic heterocycles. The Morgan fingerprint density at radius 2 is 1.69 bits per heavy atom. The molecule has 0 bridgehead atoms. The van der Waals surface area contributed by atoms with Gasteiger partial charge in [-0.05, 0) is 66.1 Å². The Kier molecular flexibility index (Phi) is 6.32. The third-order valence-electron chi connectivity index (χ3n) is 5.20. The number of carbonyl (C=O) groups is 1. The molecule has 0 atom stereocenters. The fourth-order valence-electron chi connectivity index (χ4n) is 3.57. The Balaban J connectivity index is 1.47. The summed E-state index contributed by atoms with van der Waals surface area (Å²) >= 11 is 6.81. The SMILES string of the molecule is COc1cc2c(cc1OC)CN(C(=O)c1ccc(NS(=O)(=O)c3ccc(Cl)s3)cc1)CC2. The third kappa shape index (κ3) is 4.55. The molecule has 168 valence electrons. The first-order valence-electron chi connectivity index (χ1n) is 9.72. The maximum Gasteiger partial charge on any atom is 0.271 e. The first kappa shape index (κ1) is 22.4. The van der Waals surface area contributed by atoms with E-state index in [1.165, 1.54) is 12.1 Å². The molecule has 0 aliphatic carbocycles. The van der Waals surface area contributed by atoms with Crippen LogP contribution in [0, 0.1) is 0 Å². The number of nitrogens with zero attached hydrogens (tertiary/aromatic N) is 1. The van der Waals surface area contributed by atoms with Gasteiger partial charge in [-0.15, -0.1) is 11.3 Å². The van der Waals surface area contributed by atoms with E-state index < -0.39 is 10.0 Å². The highest BCUT2D eigenvalue weighted by molar-refractivity contribution is 7.94. The minimum absolute atomic E-state index is 0.120. The Morgan fingerprint density at radius 3 is 2.28 bits per heavy atom. The molecule has 0 spiro atoms. The lowest BCUT2D eigenvalue weighted by Crippen LogP contribution is -2.36. The normalized spacial score (nSPS) is 13.4. The molecule has 1 aliphatic rings. The lowest BCUT2D eigenvalue weighted by atomic mass is 9.98. The summed E-state index contributed by atoms with van der Waals surface area (Å²) in [5.41, 5.74) is 2.99. The second kappa shape index (κ2) is 9.01. The molecule has 32 heavy (non-hydrogen) atoms. The number of hydrogen-bond donors (Lipinski definition) is 1. The highest BCUT2D eigenvalue weighted by Crippen LogP contribution is 2.33. The molecule has 0 fully saturated rings. The summed E-state index contributed by atoms with van der Waals surface area (Å²) in [6.07, 6.45) is 0.711. The smallest absolute Gasteiger partial charge is 0.271 e. The van der Waals surface area contributed by atoms with Gasteiger partial charge in [0.15, 0.2) is 11.5 Å². The van der Waals surface area contributed by atoms with Gasteiger partial charge in [0.25, 0.3) is 15.9 Å². The van der Waals surface area contributed by atoms with Gasteiger partial charge in [0.1, 0.15) is 4.21 Å². The summed E-state index contributed by atoms with van der Waals surface area (Å²) in [5.74, 6) is 1.18. The molecule has 0 saturated carbocycles. The molecular formula is C22H21ClN2O5S2. The monoisotopic (exact) mass is 492 g/mol. The fourth-order valence-corrected chi connectivity index (χ4v) is 6.11. The van der Waals surface area contributed by atoms with Crippen molar-refractivity contribution in [3.8, 4) is 11.5 Å². The average Bonchev–Trinajstić information content (AvgIpc) is 3.25. The molecule has 0 unspecified atom stereocenters. The molecule has 2 heterocycles. The maximum atomic E-state index is 13.0. The van der Waals surface area contributed by atoms with E-state index in [1.807, 2.05) is 12.1 Å². The molecule has 1 amide bonds. The van der Waals surface area contributed by atoms with Gasteiger partial charge in [0.05, 0.1) is 18.6 Å². The van der Waals surface area contributed by atoms with Crippen LogP contribution in [-0.2, 0) is 23.0 Å². The van der Waals surface area contributed by atoms with Gasteiger partial charge in [-0.1, -0.05) is 11.6 Å². The second-order valence-electron chi connectivity index (χ2n) is 7.19. The van der Waals surface area contributed by atoms with Gasteiger partial charge in [0, 0.05) is 24.3 Å². The van der Waals surface area contributed by atoms with E-state index in [-0.39, 0.29) is 10.1 Å². The van der Waals surface area contributed by atoms with E-state index in [4.69, 9.17) is 21.1 Å². The van der Waals surface area contributed by atoms with Crippen molar-refractivity contribution in [3.05, 3.63) is 69.6 Å². The average molecular weight is 493 g/mol. The quantitative estimate of drug-likeness (QED) is 0.550. The number of methoxy groups -OCH3 is 2. The zero-order chi connectivity index (χ0) is 22.9. The van der Waals surface area contributed by atoms with E-state index in [2.05, 4.69) is 4.72 Å². The Bertz CT molecular complexity index is 1260. The number of amides is 1. The van der Waals surface area contributed by atoms with E-state index >= 15 is 0 Å². The van der Waals surface area contributed by atoms with Gasteiger partial charge >= 0.3 is 0 Å². The number of sulfonamides is 1. The van der Waals surface area contributed by atoms with Crippen molar-refractivity contribution in [2.75, 3.05) is 25.5 Å². The van der Waals surface area contributed by atoms with Crippen molar-refractivity contribution in [1.29, 1.82) is 0 Å². The first-order chi connectivity index (χ1) is 15.3. The molecule has 3 aromatic rings. The Hall–Kier alpha value is -2.75. The van der Waals surface area contributed by atoms with Gasteiger partial charge < -0.3 is 14.4 Å². The van der Waals surface area contributed by atoms with E-state index in [0.29, 0.717) is 46.6 Å². The zero-order valence-corrected chi connectivity index (χ0v) is 19.8. The van der Waals surface area contributed by atoms with Crippen molar-refractivity contribution in [2.24, 2.45) is 0 Å². The van der Waals surface area contributed by atoms with Crippen molar-refractivity contribution >= 4 is 44.6 Å². The molecular weight excluding hydrogens is 472 g/mol. The molecule has 7 nitrogen and oxygen atoms in total. The highest BCUT2D eigenvalue weighted by atomic mass is 35.5. The van der Waals surface area contributed by atoms with Gasteiger partial charge in [-0.3, -0.25) is 9.52 Å². The number of hydrogen-bond acceptors (Lipinski definition) is 6. The van der Waals surface area contributed by atoms with Crippen molar-refractivity contribution in [2.45, 2.75) is 17.2 Å². The van der Waals surface area contributed by atoms with E-state index in [0.717, 1.165) is 22.5 Å². The standard InChI is InChI=1S/C22H21ClN2O5S2/c1-29-18-11-15-9-10-25(13-16(15)12-19(18)30-2)22(26)14-3-5-17(6-4-14)24-32(27,28)21-8-7-20(23)31-21/h3-8,11-12,24H,9-10,13H2,1-2H3. The summed E-state index contributed by atoms with van der Waals surface area (Å²) in [6.45, 7) is 1.04. The van der Waals surface area contributed by atoms with Crippen LogP contribution in [0.15, 0.2) is 52.7 Å². The minimum atomic E-state index is -3.73. The van der Waals surface area contributed by atoms with Gasteiger partial charge in [-0.2, -0.15) is 0 Å². The Morgan fingerprint density at radius 1 is 1.03 bits per heavy atom. The van der Waals surface area contributed by atoms with Crippen molar-refractivity contribution in [3.63, 3.8) is 0 Å². The maximum absolute atomic E-state index is 13.0. The van der Waals surface area contributed by atoms with Crippen molar-refractivity contribution in [1.82, 2.24) is 4.90 Å². The van der Waals surface area contributed by atoms with Crippen LogP contribution in [0.1, 0.15) is 21.5 Å². The summed E-state index contributed by atoms with van der Waals surface area (Å²) in [6, 6.07) is 13.2. The first-order valence-corrected chi connectivity index (χ1v) is 12.4. The predicted molar refractivity (Wildman–Crippen MR) is 125 cm³/mol. The predicted octanol–water partition coefficient (Wildman–Crippen LogP) is 4.42. The summed E-state index contributed by atoms with van der Waals surface area (Å²) in [5, 5.41) is 0. The fraction of sp³-hybridized carbons (Fsp3) is 0.227. The minimum Gasteiger partial charge on any atom is -0.493 e. The molecule has 10 heteroatoms. The number of thiophene rings is 1. The molecule has 2 aromatic carbocycles. The summed E-state index contributed by atoms with van der Waals surface area (Å²) < 4.78 is 38.6. The summed E-state index contributed by atoms with van der Waals surface area (Å²) in [7, 11) is -0.544. The number of fused-ring (bicyclic) bond motifs is 1. The zero-order valence-electron chi connectivity index (χ0n) is 17.4. The van der Waals surface area contributed by atoms with Crippen LogP contribution < -0.4 is 14.2 Å². The number of halogens is 1. The van der Waals surface area contributed by atoms with Crippen molar-refractivity contribution < 1.29 is 22.7 Å². The largest absolute Gasteiger partial charge is 0.493 e. The van der Waals surface area contributed by atoms with E-state index in [9.17, 15) is 13.2 Å². The lowest BCUT2D eigenvalue weighted by molar-refractivity contribution is 0.0734. The topological polar surface area (TPSA) is 84.9 Å². The molecule has 0 saturated heterocycles. The Labute approximate surface area is 195 Å². The summed E-state index contributed by atoms with van der Waals surface area (Å²) in [4.78, 5) is 14.8. The van der Waals surface area contributed by atoms with Crippen LogP contribution in [0.2, 0.25) is 4.34 Å². The number of anilines is 1. The number of carbonyl (C=O) groups excluding carboxylic acids is 1. The molecule has 4 rings (SSSR count). The molecule has 1 aromatic heterocycles. The van der Waals surface area contributed by atoms with Crippen LogP contribution in [0.4, 0.5) is 5.69 Å². The van der Waals surface area contributed by atoms with Gasteiger partial charge in [-0.25, -0.2) is 8.42 Å². The van der Waals surface area contributed by atoms with Crippen LogP contribution in [0.3, 0.4) is 0 Å². The second-order valence-corrected chi connectivity index (χ2v) is 10.8. The van der Waals surface area contributed by atoms with Crippen LogP contribution in [0.5, 0.6) is 11.5 Å². The molecule has 1 N–H and O–H groups in total. The number of ether oxygens (including phenoxy) is 2. The van der Waals surface area contributed by atoms with E-state index in [1.54, 1.807) is 43.4 Å². The van der Waals surface area contributed by atoms with Gasteiger partial charge in [0.2, 0.25) is 0 Å². The van der Waals surface area contributed by atoms with Crippen LogP contribution in [0.25, 0.3) is 0 Å². The lowest BCUT2D eigenvalue weighted by Gasteiger charge is -2.29. The molecule has 0 radical (unpaired) electrons. The van der Waals surface area contributed by atoms with Crippen LogP contribution in [-0.4, -0.2) is 40.0 Å². The number of nitrogens with one attached hydrogen (secondary N) is 1. The number of rotatable bonds is 6.